The maximum atomic E-state index is 12.6. The van der Waals surface area contributed by atoms with Gasteiger partial charge >= 0.3 is 5.97 Å². The molecule has 7 heteroatoms. The monoisotopic (exact) mass is 339 g/mol. The lowest BCUT2D eigenvalue weighted by Gasteiger charge is -2.30. The molecule has 1 aliphatic rings. The van der Waals surface area contributed by atoms with Gasteiger partial charge in [-0.05, 0) is 25.1 Å². The third-order valence-electron chi connectivity index (χ3n) is 3.37. The van der Waals surface area contributed by atoms with Crippen LogP contribution < -0.4 is 9.47 Å². The number of carboxylic acid groups (broad SMARTS) is 1. The van der Waals surface area contributed by atoms with Crippen LogP contribution in [0.3, 0.4) is 0 Å². The number of hydrogen-bond acceptors (Lipinski definition) is 5. The van der Waals surface area contributed by atoms with Crippen LogP contribution in [-0.4, -0.2) is 59.2 Å². The second-order valence-corrected chi connectivity index (χ2v) is 6.76. The van der Waals surface area contributed by atoms with E-state index in [1.807, 2.05) is 23.6 Å². The molecular weight excluding hydrogens is 318 g/mol. The second kappa shape index (κ2) is 8.10. The SMILES string of the molecule is CCOc1cc(C(=O)N2CCSC(C)C2)ccc1OCC(=O)O. The number of carbonyl (C=O) groups is 2. The van der Waals surface area contributed by atoms with E-state index in [4.69, 9.17) is 14.6 Å². The summed E-state index contributed by atoms with van der Waals surface area (Å²) < 4.78 is 10.7. The van der Waals surface area contributed by atoms with Crippen molar-refractivity contribution in [2.24, 2.45) is 0 Å². The van der Waals surface area contributed by atoms with Crippen molar-refractivity contribution in [2.75, 3.05) is 32.1 Å². The highest BCUT2D eigenvalue weighted by Crippen LogP contribution is 2.29. The fourth-order valence-electron chi connectivity index (χ4n) is 2.35. The Bertz CT molecular complexity index is 578. The minimum absolute atomic E-state index is 0.0390. The van der Waals surface area contributed by atoms with Gasteiger partial charge in [-0.15, -0.1) is 0 Å². The van der Waals surface area contributed by atoms with E-state index in [0.29, 0.717) is 28.9 Å². The molecule has 1 aromatic rings. The molecule has 1 aliphatic heterocycles. The lowest BCUT2D eigenvalue weighted by Crippen LogP contribution is -2.41. The highest BCUT2D eigenvalue weighted by Gasteiger charge is 2.23. The summed E-state index contributed by atoms with van der Waals surface area (Å²) in [6, 6.07) is 4.85. The fourth-order valence-corrected chi connectivity index (χ4v) is 3.37. The normalized spacial score (nSPS) is 17.7. The molecule has 1 atom stereocenters. The van der Waals surface area contributed by atoms with Gasteiger partial charge in [0.2, 0.25) is 0 Å². The van der Waals surface area contributed by atoms with Crippen molar-refractivity contribution < 1.29 is 24.2 Å². The zero-order valence-electron chi connectivity index (χ0n) is 13.3. The molecule has 0 bridgehead atoms. The molecule has 6 nitrogen and oxygen atoms in total. The molecular formula is C16H21NO5S. The van der Waals surface area contributed by atoms with Crippen LogP contribution in [0.15, 0.2) is 18.2 Å². The Kier molecular flexibility index (Phi) is 6.15. The third-order valence-corrected chi connectivity index (χ3v) is 4.51. The predicted octanol–water partition coefficient (Wildman–Crippen LogP) is 2.13. The van der Waals surface area contributed by atoms with Crippen LogP contribution in [0, 0.1) is 0 Å². The van der Waals surface area contributed by atoms with Gasteiger partial charge < -0.3 is 19.5 Å². The van der Waals surface area contributed by atoms with Crippen LogP contribution in [0.2, 0.25) is 0 Å². The zero-order chi connectivity index (χ0) is 16.8. The van der Waals surface area contributed by atoms with Gasteiger partial charge in [0, 0.05) is 29.7 Å². The van der Waals surface area contributed by atoms with Crippen LogP contribution in [0.25, 0.3) is 0 Å². The van der Waals surface area contributed by atoms with Crippen LogP contribution >= 0.6 is 11.8 Å². The molecule has 1 fully saturated rings. The summed E-state index contributed by atoms with van der Waals surface area (Å²) >= 11 is 1.86. The molecule has 0 saturated carbocycles. The smallest absolute Gasteiger partial charge is 0.341 e. The summed E-state index contributed by atoms with van der Waals surface area (Å²) in [6.07, 6.45) is 0. The van der Waals surface area contributed by atoms with Crippen molar-refractivity contribution in [3.63, 3.8) is 0 Å². The van der Waals surface area contributed by atoms with Crippen molar-refractivity contribution in [3.05, 3.63) is 23.8 Å². The van der Waals surface area contributed by atoms with Crippen LogP contribution in [-0.2, 0) is 4.79 Å². The quantitative estimate of drug-likeness (QED) is 0.856. The Labute approximate surface area is 139 Å². The molecule has 126 valence electrons. The summed E-state index contributed by atoms with van der Waals surface area (Å²) in [7, 11) is 0. The summed E-state index contributed by atoms with van der Waals surface area (Å²) in [5, 5.41) is 9.13. The third kappa shape index (κ3) is 4.79. The van der Waals surface area contributed by atoms with Gasteiger partial charge in [-0.1, -0.05) is 6.92 Å². The number of carbonyl (C=O) groups excluding carboxylic acids is 1. The number of hydrogen-bond donors (Lipinski definition) is 1. The summed E-state index contributed by atoms with van der Waals surface area (Å²) in [5.41, 5.74) is 0.523. The Morgan fingerprint density at radius 1 is 1.35 bits per heavy atom. The van der Waals surface area contributed by atoms with E-state index in [1.165, 1.54) is 0 Å². The summed E-state index contributed by atoms with van der Waals surface area (Å²) in [4.78, 5) is 25.1. The van der Waals surface area contributed by atoms with Gasteiger partial charge in [-0.2, -0.15) is 11.8 Å². The topological polar surface area (TPSA) is 76.1 Å². The molecule has 0 aliphatic carbocycles. The molecule has 1 aromatic carbocycles. The minimum atomic E-state index is -1.06. The maximum Gasteiger partial charge on any atom is 0.341 e. The van der Waals surface area contributed by atoms with Crippen molar-refractivity contribution in [3.8, 4) is 11.5 Å². The number of amides is 1. The lowest BCUT2D eigenvalue weighted by atomic mass is 10.1. The number of benzene rings is 1. The lowest BCUT2D eigenvalue weighted by molar-refractivity contribution is -0.139. The maximum absolute atomic E-state index is 12.6. The molecule has 0 spiro atoms. The average Bonchev–Trinajstić information content (AvgIpc) is 2.53. The average molecular weight is 339 g/mol. The first kappa shape index (κ1) is 17.5. The Hall–Kier alpha value is -1.89. The molecule has 23 heavy (non-hydrogen) atoms. The molecule has 0 aromatic heterocycles. The highest BCUT2D eigenvalue weighted by molar-refractivity contribution is 7.99. The first-order chi connectivity index (χ1) is 11.0. The first-order valence-corrected chi connectivity index (χ1v) is 8.58. The number of rotatable bonds is 6. The standard InChI is InChI=1S/C16H21NO5S/c1-3-21-14-8-12(4-5-13(14)22-10-15(18)19)16(20)17-6-7-23-11(2)9-17/h4-5,8,11H,3,6-7,9-10H2,1-2H3,(H,18,19). The highest BCUT2D eigenvalue weighted by atomic mass is 32.2. The van der Waals surface area contributed by atoms with Gasteiger partial charge in [0.25, 0.3) is 5.91 Å². The molecule has 0 radical (unpaired) electrons. The van der Waals surface area contributed by atoms with Gasteiger partial charge in [-0.3, -0.25) is 4.79 Å². The van der Waals surface area contributed by atoms with E-state index in [2.05, 4.69) is 6.92 Å². The molecule has 1 saturated heterocycles. The summed E-state index contributed by atoms with van der Waals surface area (Å²) in [5.74, 6) is 0.549. The van der Waals surface area contributed by atoms with E-state index < -0.39 is 12.6 Å². The first-order valence-electron chi connectivity index (χ1n) is 7.53. The van der Waals surface area contributed by atoms with Gasteiger partial charge in [0.05, 0.1) is 6.61 Å². The van der Waals surface area contributed by atoms with E-state index in [0.717, 1.165) is 18.8 Å². The number of aliphatic carboxylic acids is 1. The van der Waals surface area contributed by atoms with E-state index in [9.17, 15) is 9.59 Å². The zero-order valence-corrected chi connectivity index (χ0v) is 14.1. The van der Waals surface area contributed by atoms with E-state index in [-0.39, 0.29) is 5.91 Å². The Balaban J connectivity index is 2.17. The molecule has 1 amide bonds. The van der Waals surface area contributed by atoms with Crippen molar-refractivity contribution >= 4 is 23.6 Å². The molecule has 1 unspecified atom stereocenters. The summed E-state index contributed by atoms with van der Waals surface area (Å²) in [6.45, 7) is 5.34. The van der Waals surface area contributed by atoms with Crippen LogP contribution in [0.1, 0.15) is 24.2 Å². The van der Waals surface area contributed by atoms with E-state index in [1.54, 1.807) is 18.2 Å². The van der Waals surface area contributed by atoms with Crippen LogP contribution in [0.4, 0.5) is 0 Å². The number of carboxylic acids is 1. The van der Waals surface area contributed by atoms with Gasteiger partial charge in [0.1, 0.15) is 0 Å². The van der Waals surface area contributed by atoms with Crippen molar-refractivity contribution in [1.29, 1.82) is 0 Å². The number of nitrogens with zero attached hydrogens (tertiary/aromatic N) is 1. The Morgan fingerprint density at radius 2 is 2.13 bits per heavy atom. The van der Waals surface area contributed by atoms with Crippen molar-refractivity contribution in [2.45, 2.75) is 19.1 Å². The van der Waals surface area contributed by atoms with Crippen LogP contribution in [0.5, 0.6) is 11.5 Å². The van der Waals surface area contributed by atoms with E-state index >= 15 is 0 Å². The van der Waals surface area contributed by atoms with Gasteiger partial charge in [0.15, 0.2) is 18.1 Å². The minimum Gasteiger partial charge on any atom is -0.490 e. The van der Waals surface area contributed by atoms with Gasteiger partial charge in [-0.25, -0.2) is 4.79 Å². The fraction of sp³-hybridized carbons (Fsp3) is 0.500. The molecule has 1 N–H and O–H groups in total. The van der Waals surface area contributed by atoms with Crippen molar-refractivity contribution in [1.82, 2.24) is 4.90 Å². The number of thioether (sulfide) groups is 1. The second-order valence-electron chi connectivity index (χ2n) is 5.21. The molecule has 1 heterocycles. The number of ether oxygens (including phenoxy) is 2. The molecule has 2 rings (SSSR count). The predicted molar refractivity (Wildman–Crippen MR) is 88.6 cm³/mol. The largest absolute Gasteiger partial charge is 0.490 e. The Morgan fingerprint density at radius 3 is 2.78 bits per heavy atom.